The van der Waals surface area contributed by atoms with Gasteiger partial charge < -0.3 is 10.1 Å². The summed E-state index contributed by atoms with van der Waals surface area (Å²) >= 11 is 11.6. The number of halogens is 3. The second kappa shape index (κ2) is 6.64. The Kier molecular flexibility index (Phi) is 5.80. The van der Waals surface area contributed by atoms with E-state index in [1.54, 1.807) is 12.3 Å². The summed E-state index contributed by atoms with van der Waals surface area (Å²) in [6.07, 6.45) is 4.06. The average molecular weight is 298 g/mol. The van der Waals surface area contributed by atoms with Gasteiger partial charge in [-0.2, -0.15) is 0 Å². The highest BCUT2D eigenvalue weighted by atomic mass is 35.5. The monoisotopic (exact) mass is 296 g/mol. The maximum Gasteiger partial charge on any atom is 0.147 e. The van der Waals surface area contributed by atoms with Crippen molar-refractivity contribution in [2.24, 2.45) is 0 Å². The molecule has 0 bridgehead atoms. The summed E-state index contributed by atoms with van der Waals surface area (Å²) in [5.41, 5.74) is 0. The number of nitrogens with zero attached hydrogens (tertiary/aromatic N) is 1. The Morgan fingerprint density at radius 3 is 2.88 bits per heavy atom. The van der Waals surface area contributed by atoms with E-state index >= 15 is 0 Å². The highest BCUT2D eigenvalue weighted by Crippen LogP contribution is 2.25. The van der Waals surface area contributed by atoms with Crippen LogP contribution in [0.2, 0.25) is 10.2 Å². The van der Waals surface area contributed by atoms with Gasteiger partial charge in [-0.25, -0.2) is 4.98 Å². The molecule has 1 aliphatic rings. The third-order valence-electron chi connectivity index (χ3n) is 2.76. The lowest BCUT2D eigenvalue weighted by atomic mass is 10.1. The number of hydrogen-bond acceptors (Lipinski definition) is 3. The number of nitrogens with one attached hydrogen (secondary N) is 1. The second-order valence-electron chi connectivity index (χ2n) is 3.97. The van der Waals surface area contributed by atoms with Crippen molar-refractivity contribution in [3.63, 3.8) is 0 Å². The van der Waals surface area contributed by atoms with Crippen LogP contribution in [0.15, 0.2) is 12.3 Å². The van der Waals surface area contributed by atoms with Gasteiger partial charge in [0, 0.05) is 12.1 Å². The first-order valence-corrected chi connectivity index (χ1v) is 6.13. The van der Waals surface area contributed by atoms with Gasteiger partial charge in [0.05, 0.1) is 11.2 Å². The minimum absolute atomic E-state index is 0. The zero-order valence-electron chi connectivity index (χ0n) is 9.45. The Morgan fingerprint density at radius 1 is 1.53 bits per heavy atom. The molecular formula is C11H15Cl3N2O. The number of pyridine rings is 1. The van der Waals surface area contributed by atoms with Gasteiger partial charge in [-0.1, -0.05) is 23.2 Å². The van der Waals surface area contributed by atoms with Crippen molar-refractivity contribution in [3.8, 4) is 5.75 Å². The van der Waals surface area contributed by atoms with E-state index in [0.717, 1.165) is 13.0 Å². The smallest absolute Gasteiger partial charge is 0.147 e. The van der Waals surface area contributed by atoms with Crippen LogP contribution in [0.5, 0.6) is 5.75 Å². The first-order valence-electron chi connectivity index (χ1n) is 5.38. The van der Waals surface area contributed by atoms with Gasteiger partial charge in [-0.05, 0) is 26.3 Å². The largest absolute Gasteiger partial charge is 0.487 e. The summed E-state index contributed by atoms with van der Waals surface area (Å²) in [6, 6.07) is 2.11. The average Bonchev–Trinajstić information content (AvgIpc) is 2.77. The van der Waals surface area contributed by atoms with E-state index in [-0.39, 0.29) is 18.5 Å². The minimum atomic E-state index is 0. The van der Waals surface area contributed by atoms with E-state index in [2.05, 4.69) is 10.3 Å². The first kappa shape index (κ1) is 14.8. The van der Waals surface area contributed by atoms with E-state index in [1.165, 1.54) is 6.42 Å². The van der Waals surface area contributed by atoms with Gasteiger partial charge in [0.25, 0.3) is 0 Å². The van der Waals surface area contributed by atoms with E-state index in [9.17, 15) is 0 Å². The highest BCUT2D eigenvalue weighted by Gasteiger charge is 2.22. The molecule has 0 spiro atoms. The second-order valence-corrected chi connectivity index (χ2v) is 4.73. The molecule has 0 radical (unpaired) electrons. The van der Waals surface area contributed by atoms with Crippen LogP contribution in [0.1, 0.15) is 19.8 Å². The number of rotatable bonds is 3. The molecule has 1 saturated heterocycles. The van der Waals surface area contributed by atoms with Crippen LogP contribution in [-0.4, -0.2) is 23.7 Å². The van der Waals surface area contributed by atoms with Crippen LogP contribution in [0.25, 0.3) is 0 Å². The zero-order chi connectivity index (χ0) is 11.5. The number of aromatic nitrogens is 1. The Bertz CT molecular complexity index is 370. The molecule has 1 fully saturated rings. The predicted molar refractivity (Wildman–Crippen MR) is 72.6 cm³/mol. The lowest BCUT2D eigenvalue weighted by molar-refractivity contribution is 0.179. The molecule has 1 N–H and O–H groups in total. The highest BCUT2D eigenvalue weighted by molar-refractivity contribution is 6.41. The molecule has 1 aromatic heterocycles. The molecule has 0 aromatic carbocycles. The van der Waals surface area contributed by atoms with Crippen LogP contribution in [0.3, 0.4) is 0 Å². The van der Waals surface area contributed by atoms with Crippen molar-refractivity contribution < 1.29 is 4.74 Å². The number of hydrogen-bond donors (Lipinski definition) is 1. The van der Waals surface area contributed by atoms with Crippen LogP contribution < -0.4 is 10.1 Å². The fraction of sp³-hybridized carbons (Fsp3) is 0.545. The Hall–Kier alpha value is -0.220. The SMILES string of the molecule is CC(Oc1cnc(Cl)c(Cl)c1)[C@H]1CCCN1.Cl. The van der Waals surface area contributed by atoms with Crippen molar-refractivity contribution in [3.05, 3.63) is 22.4 Å². The van der Waals surface area contributed by atoms with Gasteiger partial charge in [-0.15, -0.1) is 12.4 Å². The maximum absolute atomic E-state index is 5.87. The first-order chi connectivity index (χ1) is 7.66. The summed E-state index contributed by atoms with van der Waals surface area (Å²) in [7, 11) is 0. The van der Waals surface area contributed by atoms with Crippen molar-refractivity contribution in [1.82, 2.24) is 10.3 Å². The quantitative estimate of drug-likeness (QED) is 0.869. The van der Waals surface area contributed by atoms with E-state index < -0.39 is 0 Å². The number of ether oxygens (including phenoxy) is 1. The fourth-order valence-corrected chi connectivity index (χ4v) is 2.14. The van der Waals surface area contributed by atoms with E-state index in [1.807, 2.05) is 6.92 Å². The molecule has 2 rings (SSSR count). The van der Waals surface area contributed by atoms with Crippen molar-refractivity contribution in [2.75, 3.05) is 6.54 Å². The van der Waals surface area contributed by atoms with Gasteiger partial charge in [0.1, 0.15) is 17.0 Å². The summed E-state index contributed by atoms with van der Waals surface area (Å²) in [5.74, 6) is 0.663. The zero-order valence-corrected chi connectivity index (χ0v) is 11.8. The lowest BCUT2D eigenvalue weighted by Crippen LogP contribution is -2.36. The molecule has 96 valence electrons. The van der Waals surface area contributed by atoms with E-state index in [0.29, 0.717) is 22.0 Å². The fourth-order valence-electron chi connectivity index (χ4n) is 1.88. The Labute approximate surface area is 117 Å². The lowest BCUT2D eigenvalue weighted by Gasteiger charge is -2.21. The van der Waals surface area contributed by atoms with Crippen LogP contribution in [-0.2, 0) is 0 Å². The molecule has 1 aromatic rings. The molecule has 0 amide bonds. The van der Waals surface area contributed by atoms with Crippen molar-refractivity contribution >= 4 is 35.6 Å². The van der Waals surface area contributed by atoms with Gasteiger partial charge in [0.15, 0.2) is 0 Å². The van der Waals surface area contributed by atoms with Crippen LogP contribution >= 0.6 is 35.6 Å². The molecule has 0 saturated carbocycles. The molecule has 1 aliphatic heterocycles. The summed E-state index contributed by atoms with van der Waals surface area (Å²) in [4.78, 5) is 3.95. The molecule has 0 aliphatic carbocycles. The topological polar surface area (TPSA) is 34.1 Å². The molecule has 6 heteroatoms. The molecule has 3 nitrogen and oxygen atoms in total. The van der Waals surface area contributed by atoms with Gasteiger partial charge >= 0.3 is 0 Å². The summed E-state index contributed by atoms with van der Waals surface area (Å²) in [6.45, 7) is 3.11. The standard InChI is InChI=1S/C11H14Cl2N2O.ClH/c1-7(10-3-2-4-14-10)16-8-5-9(12)11(13)15-6-8;/h5-7,10,14H,2-4H2,1H3;1H/t7?,10-;/m1./s1. The van der Waals surface area contributed by atoms with E-state index in [4.69, 9.17) is 27.9 Å². The van der Waals surface area contributed by atoms with Crippen molar-refractivity contribution in [2.45, 2.75) is 31.9 Å². The summed E-state index contributed by atoms with van der Waals surface area (Å²) < 4.78 is 5.77. The Morgan fingerprint density at radius 2 is 2.29 bits per heavy atom. The predicted octanol–water partition coefficient (Wildman–Crippen LogP) is 3.33. The third-order valence-corrected chi connectivity index (χ3v) is 3.44. The normalized spacial score (nSPS) is 20.8. The molecule has 17 heavy (non-hydrogen) atoms. The van der Waals surface area contributed by atoms with Crippen LogP contribution in [0.4, 0.5) is 0 Å². The molecular weight excluding hydrogens is 282 g/mol. The third kappa shape index (κ3) is 3.88. The molecule has 2 heterocycles. The van der Waals surface area contributed by atoms with Crippen molar-refractivity contribution in [1.29, 1.82) is 0 Å². The summed E-state index contributed by atoms with van der Waals surface area (Å²) in [5, 5.41) is 4.13. The molecule has 2 atom stereocenters. The Balaban J connectivity index is 0.00000144. The molecule has 1 unspecified atom stereocenters. The van der Waals surface area contributed by atoms with Crippen LogP contribution in [0, 0.1) is 0 Å². The minimum Gasteiger partial charge on any atom is -0.487 e. The maximum atomic E-state index is 5.87. The van der Waals surface area contributed by atoms with Gasteiger partial charge in [-0.3, -0.25) is 0 Å². The van der Waals surface area contributed by atoms with Gasteiger partial charge in [0.2, 0.25) is 0 Å².